The minimum Gasteiger partial charge on any atom is -0.348 e. The number of hydrogen-bond acceptors (Lipinski definition) is 2. The molecule has 3 aliphatic rings. The van der Waals surface area contributed by atoms with Gasteiger partial charge in [-0.3, -0.25) is 0 Å². The molecule has 0 amide bonds. The minimum absolute atomic E-state index is 0.218. The summed E-state index contributed by atoms with van der Waals surface area (Å²) in [6.07, 6.45) is 8.15. The van der Waals surface area contributed by atoms with E-state index in [0.29, 0.717) is 17.3 Å². The van der Waals surface area contributed by atoms with Crippen LogP contribution in [0.4, 0.5) is 0 Å². The van der Waals surface area contributed by atoms with Crippen molar-refractivity contribution in [1.82, 2.24) is 0 Å². The lowest BCUT2D eigenvalue weighted by atomic mass is 9.65. The van der Waals surface area contributed by atoms with Crippen LogP contribution in [0.5, 0.6) is 0 Å². The van der Waals surface area contributed by atoms with Crippen LogP contribution in [0.2, 0.25) is 0 Å². The van der Waals surface area contributed by atoms with Crippen molar-refractivity contribution in [3.63, 3.8) is 0 Å². The SMILES string of the molecule is C[C@H]1C=C[C@@]2(C)CCC3(C[C@H]12)OCCO3. The van der Waals surface area contributed by atoms with Crippen LogP contribution in [0.3, 0.4) is 0 Å². The van der Waals surface area contributed by atoms with Gasteiger partial charge in [-0.05, 0) is 23.7 Å². The van der Waals surface area contributed by atoms with Gasteiger partial charge in [0.05, 0.1) is 13.2 Å². The topological polar surface area (TPSA) is 18.5 Å². The normalized spacial score (nSPS) is 47.3. The van der Waals surface area contributed by atoms with Crippen LogP contribution < -0.4 is 0 Å². The minimum atomic E-state index is -0.218. The average molecular weight is 208 g/mol. The van der Waals surface area contributed by atoms with E-state index in [0.717, 1.165) is 26.1 Å². The van der Waals surface area contributed by atoms with Crippen LogP contribution in [-0.4, -0.2) is 19.0 Å². The second-order valence-corrected chi connectivity index (χ2v) is 5.64. The molecule has 3 atom stereocenters. The summed E-state index contributed by atoms with van der Waals surface area (Å²) in [5, 5.41) is 0. The van der Waals surface area contributed by atoms with Gasteiger partial charge in [-0.15, -0.1) is 0 Å². The molecule has 15 heavy (non-hydrogen) atoms. The van der Waals surface area contributed by atoms with Crippen molar-refractivity contribution >= 4 is 0 Å². The molecule has 0 aromatic rings. The highest BCUT2D eigenvalue weighted by Gasteiger charge is 2.51. The van der Waals surface area contributed by atoms with Crippen molar-refractivity contribution in [2.24, 2.45) is 17.3 Å². The van der Waals surface area contributed by atoms with Gasteiger partial charge in [0.1, 0.15) is 0 Å². The lowest BCUT2D eigenvalue weighted by Gasteiger charge is -2.45. The predicted octanol–water partition coefficient (Wildman–Crippen LogP) is 2.74. The lowest BCUT2D eigenvalue weighted by molar-refractivity contribution is -0.202. The number of fused-ring (bicyclic) bond motifs is 1. The summed E-state index contributed by atoms with van der Waals surface area (Å²) in [5.41, 5.74) is 0.403. The van der Waals surface area contributed by atoms with Gasteiger partial charge in [0.2, 0.25) is 0 Å². The number of rotatable bonds is 0. The molecule has 84 valence electrons. The van der Waals surface area contributed by atoms with Gasteiger partial charge in [0, 0.05) is 12.8 Å². The standard InChI is InChI=1S/C13H20O2/c1-10-3-4-12(2)5-6-13(9-11(10)12)14-7-8-15-13/h3-4,10-11H,5-9H2,1-2H3/t10-,11+,12-/m0/s1. The molecule has 2 fully saturated rings. The van der Waals surface area contributed by atoms with Crippen LogP contribution in [-0.2, 0) is 9.47 Å². The van der Waals surface area contributed by atoms with E-state index >= 15 is 0 Å². The van der Waals surface area contributed by atoms with Crippen LogP contribution in [0.1, 0.15) is 33.1 Å². The molecular formula is C13H20O2. The largest absolute Gasteiger partial charge is 0.348 e. The van der Waals surface area contributed by atoms with Gasteiger partial charge in [-0.25, -0.2) is 0 Å². The molecule has 0 aromatic heterocycles. The first kappa shape index (κ1) is 9.86. The molecule has 0 aromatic carbocycles. The van der Waals surface area contributed by atoms with E-state index in [1.54, 1.807) is 0 Å². The number of hydrogen-bond donors (Lipinski definition) is 0. The van der Waals surface area contributed by atoms with E-state index in [-0.39, 0.29) is 5.79 Å². The Bertz CT molecular complexity index is 291. The third-order valence-electron chi connectivity index (χ3n) is 4.65. The van der Waals surface area contributed by atoms with Crippen molar-refractivity contribution in [1.29, 1.82) is 0 Å². The van der Waals surface area contributed by atoms with Gasteiger partial charge in [0.15, 0.2) is 5.79 Å². The van der Waals surface area contributed by atoms with Crippen molar-refractivity contribution in [3.8, 4) is 0 Å². The molecule has 2 nitrogen and oxygen atoms in total. The van der Waals surface area contributed by atoms with Crippen LogP contribution in [0, 0.1) is 17.3 Å². The monoisotopic (exact) mass is 208 g/mol. The second-order valence-electron chi connectivity index (χ2n) is 5.64. The fourth-order valence-corrected chi connectivity index (χ4v) is 3.57. The van der Waals surface area contributed by atoms with Crippen molar-refractivity contribution in [2.45, 2.75) is 38.9 Å². The summed E-state index contributed by atoms with van der Waals surface area (Å²) in [5.74, 6) is 1.18. The van der Waals surface area contributed by atoms with Crippen molar-refractivity contribution < 1.29 is 9.47 Å². The van der Waals surface area contributed by atoms with Crippen LogP contribution in [0.15, 0.2) is 12.2 Å². The first-order valence-corrected chi connectivity index (χ1v) is 6.11. The van der Waals surface area contributed by atoms with Gasteiger partial charge in [0.25, 0.3) is 0 Å². The molecule has 1 heterocycles. The molecule has 2 aliphatic carbocycles. The lowest BCUT2D eigenvalue weighted by Crippen LogP contribution is -2.44. The maximum atomic E-state index is 5.83. The zero-order valence-corrected chi connectivity index (χ0v) is 9.66. The molecule has 0 bridgehead atoms. The summed E-state index contributed by atoms with van der Waals surface area (Å²) in [6.45, 7) is 6.27. The highest BCUT2D eigenvalue weighted by molar-refractivity contribution is 5.15. The summed E-state index contributed by atoms with van der Waals surface area (Å²) < 4.78 is 11.7. The second kappa shape index (κ2) is 3.08. The van der Waals surface area contributed by atoms with Crippen LogP contribution >= 0.6 is 0 Å². The summed E-state index contributed by atoms with van der Waals surface area (Å²) in [4.78, 5) is 0. The Labute approximate surface area is 91.6 Å². The summed E-state index contributed by atoms with van der Waals surface area (Å²) >= 11 is 0. The molecule has 1 aliphatic heterocycles. The Balaban J connectivity index is 1.83. The van der Waals surface area contributed by atoms with E-state index in [1.807, 2.05) is 0 Å². The quantitative estimate of drug-likeness (QED) is 0.570. The van der Waals surface area contributed by atoms with E-state index < -0.39 is 0 Å². The fraction of sp³-hybridized carbons (Fsp3) is 0.846. The number of allylic oxidation sites excluding steroid dienone is 2. The zero-order chi connectivity index (χ0) is 10.5. The maximum absolute atomic E-state index is 5.83. The molecule has 0 N–H and O–H groups in total. The third kappa shape index (κ3) is 1.38. The number of ether oxygens (including phenoxy) is 2. The maximum Gasteiger partial charge on any atom is 0.168 e. The Morgan fingerprint density at radius 2 is 1.93 bits per heavy atom. The molecular weight excluding hydrogens is 188 g/mol. The zero-order valence-electron chi connectivity index (χ0n) is 9.66. The van der Waals surface area contributed by atoms with Crippen molar-refractivity contribution in [2.75, 3.05) is 13.2 Å². The van der Waals surface area contributed by atoms with E-state index in [4.69, 9.17) is 9.47 Å². The molecule has 1 spiro atoms. The van der Waals surface area contributed by atoms with E-state index in [2.05, 4.69) is 26.0 Å². The molecule has 2 heteroatoms. The molecule has 0 unspecified atom stereocenters. The van der Waals surface area contributed by atoms with Gasteiger partial charge in [-0.2, -0.15) is 0 Å². The van der Waals surface area contributed by atoms with Gasteiger partial charge in [-0.1, -0.05) is 26.0 Å². The van der Waals surface area contributed by atoms with Crippen LogP contribution in [0.25, 0.3) is 0 Å². The Morgan fingerprint density at radius 1 is 1.20 bits per heavy atom. The van der Waals surface area contributed by atoms with Gasteiger partial charge >= 0.3 is 0 Å². The predicted molar refractivity (Wildman–Crippen MR) is 58.4 cm³/mol. The third-order valence-corrected chi connectivity index (χ3v) is 4.65. The average Bonchev–Trinajstić information content (AvgIpc) is 2.78. The van der Waals surface area contributed by atoms with Gasteiger partial charge < -0.3 is 9.47 Å². The Morgan fingerprint density at radius 3 is 2.67 bits per heavy atom. The molecule has 3 rings (SSSR count). The van der Waals surface area contributed by atoms with E-state index in [9.17, 15) is 0 Å². The first-order valence-electron chi connectivity index (χ1n) is 6.11. The Hall–Kier alpha value is -0.340. The summed E-state index contributed by atoms with van der Waals surface area (Å²) in [7, 11) is 0. The highest BCUT2D eigenvalue weighted by Crippen LogP contribution is 2.54. The Kier molecular flexibility index (Phi) is 2.02. The molecule has 1 saturated heterocycles. The van der Waals surface area contributed by atoms with Crippen molar-refractivity contribution in [3.05, 3.63) is 12.2 Å². The smallest absolute Gasteiger partial charge is 0.168 e. The molecule has 0 radical (unpaired) electrons. The fourth-order valence-electron chi connectivity index (χ4n) is 3.57. The summed E-state index contributed by atoms with van der Waals surface area (Å²) in [6, 6.07) is 0. The first-order chi connectivity index (χ1) is 7.14. The highest BCUT2D eigenvalue weighted by atomic mass is 16.7. The van der Waals surface area contributed by atoms with E-state index in [1.165, 1.54) is 6.42 Å². The molecule has 1 saturated carbocycles.